The van der Waals surface area contributed by atoms with Gasteiger partial charge >= 0.3 is 0 Å². The van der Waals surface area contributed by atoms with Crippen molar-refractivity contribution in [2.45, 2.75) is 38.3 Å². The van der Waals surface area contributed by atoms with Crippen molar-refractivity contribution < 1.29 is 14.7 Å². The molecule has 2 amide bonds. The second-order valence-electron chi connectivity index (χ2n) is 6.63. The maximum Gasteiger partial charge on any atom is 0.239 e. The third-order valence-corrected chi connectivity index (χ3v) is 4.65. The first kappa shape index (κ1) is 16.9. The van der Waals surface area contributed by atoms with E-state index in [1.54, 1.807) is 11.0 Å². The summed E-state index contributed by atoms with van der Waals surface area (Å²) in [7, 11) is 0. The largest absolute Gasteiger partial charge is 0.392 e. The molecule has 7 nitrogen and oxygen atoms in total. The van der Waals surface area contributed by atoms with Crippen LogP contribution in [0.3, 0.4) is 0 Å². The first-order valence-electron chi connectivity index (χ1n) is 8.47. The van der Waals surface area contributed by atoms with Crippen LogP contribution in [-0.2, 0) is 9.59 Å². The molecule has 1 aromatic heterocycles. The van der Waals surface area contributed by atoms with Gasteiger partial charge in [0, 0.05) is 25.3 Å². The van der Waals surface area contributed by atoms with Crippen molar-refractivity contribution in [1.82, 2.24) is 15.2 Å². The lowest BCUT2D eigenvalue weighted by molar-refractivity contribution is -0.136. The Morgan fingerprint density at radius 1 is 1.42 bits per heavy atom. The summed E-state index contributed by atoms with van der Waals surface area (Å²) < 4.78 is 0. The van der Waals surface area contributed by atoms with Gasteiger partial charge in [-0.3, -0.25) is 9.59 Å². The minimum atomic E-state index is -0.463. The van der Waals surface area contributed by atoms with Gasteiger partial charge in [0.15, 0.2) is 0 Å². The molecule has 3 N–H and O–H groups in total. The van der Waals surface area contributed by atoms with Gasteiger partial charge in [-0.05, 0) is 38.3 Å². The Morgan fingerprint density at radius 2 is 2.25 bits per heavy atom. The highest BCUT2D eigenvalue weighted by Crippen LogP contribution is 2.20. The Morgan fingerprint density at radius 3 is 2.96 bits per heavy atom. The number of rotatable bonds is 3. The van der Waals surface area contributed by atoms with E-state index in [1.165, 1.54) is 0 Å². The molecule has 130 valence electrons. The van der Waals surface area contributed by atoms with Gasteiger partial charge in [-0.1, -0.05) is 6.07 Å². The number of carbonyl (C=O) groups is 2. The zero-order valence-corrected chi connectivity index (χ0v) is 13.9. The summed E-state index contributed by atoms with van der Waals surface area (Å²) in [6.45, 7) is 3.41. The molecule has 0 aromatic carbocycles. The lowest BCUT2D eigenvalue weighted by Crippen LogP contribution is -2.49. The van der Waals surface area contributed by atoms with E-state index in [0.717, 1.165) is 18.5 Å². The number of aliphatic hydroxyl groups is 1. The molecule has 3 rings (SSSR count). The summed E-state index contributed by atoms with van der Waals surface area (Å²) in [6, 6.07) is 5.16. The number of amides is 2. The van der Waals surface area contributed by atoms with Crippen molar-refractivity contribution in [1.29, 1.82) is 0 Å². The minimum Gasteiger partial charge on any atom is -0.392 e. The summed E-state index contributed by atoms with van der Waals surface area (Å²) in [5, 5.41) is 15.5. The number of pyridine rings is 1. The van der Waals surface area contributed by atoms with Crippen molar-refractivity contribution in [2.24, 2.45) is 5.92 Å². The fourth-order valence-corrected chi connectivity index (χ4v) is 3.36. The molecular formula is C17H24N4O3. The third kappa shape index (κ3) is 3.91. The van der Waals surface area contributed by atoms with E-state index in [9.17, 15) is 14.7 Å². The van der Waals surface area contributed by atoms with Crippen molar-refractivity contribution in [3.05, 3.63) is 23.9 Å². The maximum absolute atomic E-state index is 12.5. The fraction of sp³-hybridized carbons (Fsp3) is 0.588. The molecule has 2 fully saturated rings. The van der Waals surface area contributed by atoms with Gasteiger partial charge in [-0.25, -0.2) is 4.98 Å². The highest BCUT2D eigenvalue weighted by Gasteiger charge is 2.35. The highest BCUT2D eigenvalue weighted by molar-refractivity contribution is 5.92. The predicted octanol–water partition coefficient (Wildman–Crippen LogP) is 0.290. The van der Waals surface area contributed by atoms with Crippen LogP contribution in [-0.4, -0.2) is 58.6 Å². The molecule has 7 heteroatoms. The molecule has 3 atom stereocenters. The molecule has 1 aromatic rings. The first-order valence-corrected chi connectivity index (χ1v) is 8.47. The molecule has 2 aliphatic rings. The van der Waals surface area contributed by atoms with Crippen molar-refractivity contribution in [3.8, 4) is 0 Å². The third-order valence-electron chi connectivity index (χ3n) is 4.65. The van der Waals surface area contributed by atoms with E-state index in [-0.39, 0.29) is 23.8 Å². The SMILES string of the molecule is Cc1cccc(NC(=O)C2CCCN(C(=O)C3CC(O)CN3)C2)n1. The first-order chi connectivity index (χ1) is 11.5. The van der Waals surface area contributed by atoms with Crippen LogP contribution in [0.5, 0.6) is 0 Å². The van der Waals surface area contributed by atoms with Gasteiger partial charge in [-0.15, -0.1) is 0 Å². The standard InChI is InChI=1S/C17H24N4O3/c1-11-4-2-6-15(19-11)20-16(23)12-5-3-7-21(10-12)17(24)14-8-13(22)9-18-14/h2,4,6,12-14,18,22H,3,5,7-10H2,1H3,(H,19,20,23). The van der Waals surface area contributed by atoms with Crippen LogP contribution in [0.15, 0.2) is 18.2 Å². The monoisotopic (exact) mass is 332 g/mol. The number of carbonyl (C=O) groups excluding carboxylic acids is 2. The molecule has 3 heterocycles. The van der Waals surface area contributed by atoms with Gasteiger partial charge < -0.3 is 20.6 Å². The highest BCUT2D eigenvalue weighted by atomic mass is 16.3. The number of hydrogen-bond donors (Lipinski definition) is 3. The summed E-state index contributed by atoms with van der Waals surface area (Å²) >= 11 is 0. The number of likely N-dealkylation sites (tertiary alicyclic amines) is 1. The fourth-order valence-electron chi connectivity index (χ4n) is 3.36. The second kappa shape index (κ2) is 7.27. The molecule has 24 heavy (non-hydrogen) atoms. The molecule has 0 radical (unpaired) electrons. The smallest absolute Gasteiger partial charge is 0.239 e. The van der Waals surface area contributed by atoms with Crippen LogP contribution in [0.1, 0.15) is 25.0 Å². The van der Waals surface area contributed by atoms with Gasteiger partial charge in [0.25, 0.3) is 0 Å². The number of nitrogens with one attached hydrogen (secondary N) is 2. The Labute approximate surface area is 141 Å². The van der Waals surface area contributed by atoms with Crippen LogP contribution in [0.2, 0.25) is 0 Å². The molecule has 2 saturated heterocycles. The molecule has 2 aliphatic heterocycles. The molecule has 0 saturated carbocycles. The number of piperidine rings is 1. The lowest BCUT2D eigenvalue weighted by Gasteiger charge is -2.33. The van der Waals surface area contributed by atoms with E-state index in [1.807, 2.05) is 19.1 Å². The second-order valence-corrected chi connectivity index (χ2v) is 6.63. The van der Waals surface area contributed by atoms with Crippen molar-refractivity contribution in [3.63, 3.8) is 0 Å². The Hall–Kier alpha value is -1.99. The molecular weight excluding hydrogens is 308 g/mol. The summed E-state index contributed by atoms with van der Waals surface area (Å²) in [4.78, 5) is 31.0. The Kier molecular flexibility index (Phi) is 5.11. The normalized spacial score (nSPS) is 27.1. The average Bonchev–Trinajstić information content (AvgIpc) is 3.01. The van der Waals surface area contributed by atoms with Crippen LogP contribution in [0.4, 0.5) is 5.82 Å². The van der Waals surface area contributed by atoms with E-state index in [0.29, 0.717) is 31.9 Å². The molecule has 0 aliphatic carbocycles. The van der Waals surface area contributed by atoms with Crippen LogP contribution >= 0.6 is 0 Å². The van der Waals surface area contributed by atoms with Crippen molar-refractivity contribution in [2.75, 3.05) is 25.0 Å². The summed E-state index contributed by atoms with van der Waals surface area (Å²) in [5.74, 6) is 0.211. The number of aryl methyl sites for hydroxylation is 1. The van der Waals surface area contributed by atoms with E-state index >= 15 is 0 Å². The predicted molar refractivity (Wildman–Crippen MR) is 89.3 cm³/mol. The Bertz CT molecular complexity index is 622. The topological polar surface area (TPSA) is 94.6 Å². The molecule has 0 spiro atoms. The number of anilines is 1. The minimum absolute atomic E-state index is 0.0160. The maximum atomic E-state index is 12.5. The van der Waals surface area contributed by atoms with Crippen LogP contribution in [0, 0.1) is 12.8 Å². The quantitative estimate of drug-likeness (QED) is 0.740. The lowest BCUT2D eigenvalue weighted by atomic mass is 9.96. The number of aromatic nitrogens is 1. The van der Waals surface area contributed by atoms with Gasteiger partial charge in [0.2, 0.25) is 11.8 Å². The number of β-amino-alcohol motifs (C(OH)–C–C–N with tert-alkyl or cyclic N) is 1. The van der Waals surface area contributed by atoms with Gasteiger partial charge in [0.1, 0.15) is 5.82 Å². The zero-order valence-electron chi connectivity index (χ0n) is 13.9. The Balaban J connectivity index is 1.58. The average molecular weight is 332 g/mol. The van der Waals surface area contributed by atoms with E-state index in [2.05, 4.69) is 15.6 Å². The van der Waals surface area contributed by atoms with Crippen LogP contribution < -0.4 is 10.6 Å². The van der Waals surface area contributed by atoms with E-state index in [4.69, 9.17) is 0 Å². The molecule has 3 unspecified atom stereocenters. The number of aliphatic hydroxyl groups excluding tert-OH is 1. The number of nitrogens with zero attached hydrogens (tertiary/aromatic N) is 2. The zero-order chi connectivity index (χ0) is 17.1. The van der Waals surface area contributed by atoms with Crippen molar-refractivity contribution >= 4 is 17.6 Å². The van der Waals surface area contributed by atoms with Gasteiger partial charge in [-0.2, -0.15) is 0 Å². The van der Waals surface area contributed by atoms with E-state index < -0.39 is 6.10 Å². The molecule has 0 bridgehead atoms. The number of hydrogen-bond acceptors (Lipinski definition) is 5. The van der Waals surface area contributed by atoms with Gasteiger partial charge in [0.05, 0.1) is 18.1 Å². The van der Waals surface area contributed by atoms with Crippen LogP contribution in [0.25, 0.3) is 0 Å². The summed E-state index contributed by atoms with van der Waals surface area (Å²) in [5.41, 5.74) is 0.846. The summed E-state index contributed by atoms with van der Waals surface area (Å²) in [6.07, 6.45) is 1.55.